The Hall–Kier alpha value is -0.710. The third-order valence-electron chi connectivity index (χ3n) is 2.07. The number of methoxy groups -OCH3 is 1. The summed E-state index contributed by atoms with van der Waals surface area (Å²) in [6.07, 6.45) is 0. The van der Waals surface area contributed by atoms with Gasteiger partial charge in [0.25, 0.3) is 5.69 Å². The summed E-state index contributed by atoms with van der Waals surface area (Å²) in [5, 5.41) is 13.2. The second kappa shape index (κ2) is 7.78. The van der Waals surface area contributed by atoms with Crippen molar-refractivity contribution < 1.29 is 52.2 Å². The molecular weight excluding hydrogens is 287 g/mol. The number of ether oxygens (including phenoxy) is 1. The van der Waals surface area contributed by atoms with Crippen molar-refractivity contribution in [3.63, 3.8) is 0 Å². The molecule has 0 atom stereocenters. The summed E-state index contributed by atoms with van der Waals surface area (Å²) in [5.41, 5.74) is -0.436. The number of nitrogens with zero attached hydrogens (tertiary/aromatic N) is 1. The van der Waals surface area contributed by atoms with Crippen molar-refractivity contribution in [2.45, 2.75) is 4.90 Å². The summed E-state index contributed by atoms with van der Waals surface area (Å²) in [4.78, 5) is 9.10. The molecule has 0 fully saturated rings. The number of nitrogens with one attached hydrogen (secondary N) is 1. The van der Waals surface area contributed by atoms with Crippen molar-refractivity contribution in [1.29, 1.82) is 0 Å². The Morgan fingerprint density at radius 2 is 2.05 bits per heavy atom. The summed E-state index contributed by atoms with van der Waals surface area (Å²) < 4.78 is 37.8. The molecule has 1 aromatic rings. The van der Waals surface area contributed by atoms with Crippen molar-refractivity contribution in [2.75, 3.05) is 25.6 Å². The number of anilines is 1. The van der Waals surface area contributed by atoms with Gasteiger partial charge in [0.05, 0.1) is 22.1 Å². The molecule has 0 aliphatic heterocycles. The zero-order valence-electron chi connectivity index (χ0n) is 10.5. The van der Waals surface area contributed by atoms with E-state index in [1.54, 1.807) is 0 Å². The maximum absolute atomic E-state index is 11.0. The fourth-order valence-electron chi connectivity index (χ4n) is 1.27. The first-order valence-electron chi connectivity index (χ1n) is 4.83. The molecule has 0 radical (unpaired) electrons. The first kappa shape index (κ1) is 18.3. The maximum atomic E-state index is 11.0. The third kappa shape index (κ3) is 5.43. The van der Waals surface area contributed by atoms with Crippen LogP contribution in [0.25, 0.3) is 0 Å². The van der Waals surface area contributed by atoms with Crippen molar-refractivity contribution in [1.82, 2.24) is 0 Å². The van der Waals surface area contributed by atoms with E-state index in [9.17, 15) is 23.1 Å². The Kier molecular flexibility index (Phi) is 7.49. The smallest absolute Gasteiger partial charge is 0.744 e. The molecule has 8 nitrogen and oxygen atoms in total. The molecule has 0 heterocycles. The minimum Gasteiger partial charge on any atom is -0.744 e. The monoisotopic (exact) mass is 298 g/mol. The van der Waals surface area contributed by atoms with Crippen LogP contribution in [0.15, 0.2) is 23.1 Å². The van der Waals surface area contributed by atoms with Gasteiger partial charge in [0, 0.05) is 25.8 Å². The first-order chi connectivity index (χ1) is 8.36. The fourth-order valence-corrected chi connectivity index (χ4v) is 1.94. The quantitative estimate of drug-likeness (QED) is 0.203. The number of nitro benzene ring substituents is 1. The van der Waals surface area contributed by atoms with Crippen LogP contribution in [0.3, 0.4) is 0 Å². The standard InChI is InChI=1S/C9H12N2O6S.Na/c1-17-5-4-10-8-3-2-7(11(12)13)6-9(8)18(14,15)16;/h2-3,6,10H,4-5H2,1H3,(H,14,15,16);/q;+1/p-1. The fraction of sp³-hybridized carbons (Fsp3) is 0.333. The number of hydrogen-bond acceptors (Lipinski definition) is 7. The van der Waals surface area contributed by atoms with E-state index in [-0.39, 0.29) is 41.8 Å². The average Bonchev–Trinajstić information content (AvgIpc) is 2.28. The number of non-ortho nitro benzene ring substituents is 1. The summed E-state index contributed by atoms with van der Waals surface area (Å²) in [6.45, 7) is 0.576. The van der Waals surface area contributed by atoms with Gasteiger partial charge < -0.3 is 14.6 Å². The van der Waals surface area contributed by atoms with Gasteiger partial charge in [0.1, 0.15) is 10.1 Å². The van der Waals surface area contributed by atoms with E-state index in [4.69, 9.17) is 4.74 Å². The molecule has 19 heavy (non-hydrogen) atoms. The van der Waals surface area contributed by atoms with Crippen molar-refractivity contribution in [2.24, 2.45) is 0 Å². The molecule has 0 saturated heterocycles. The molecule has 0 amide bonds. The summed E-state index contributed by atoms with van der Waals surface area (Å²) in [6, 6.07) is 3.03. The van der Waals surface area contributed by atoms with E-state index in [2.05, 4.69) is 5.32 Å². The molecular formula is C9H11N2NaO6S. The Balaban J connectivity index is 0.00000324. The first-order valence-corrected chi connectivity index (χ1v) is 6.24. The van der Waals surface area contributed by atoms with Crippen molar-refractivity contribution in [3.05, 3.63) is 28.3 Å². The summed E-state index contributed by atoms with van der Waals surface area (Å²) in [5.74, 6) is 0. The number of rotatable bonds is 6. The van der Waals surface area contributed by atoms with Gasteiger partial charge in [-0.2, -0.15) is 0 Å². The number of nitro groups is 1. The zero-order valence-corrected chi connectivity index (χ0v) is 13.3. The minimum atomic E-state index is -4.78. The van der Waals surface area contributed by atoms with Gasteiger partial charge in [-0.25, -0.2) is 8.42 Å². The van der Waals surface area contributed by atoms with Crippen molar-refractivity contribution in [3.8, 4) is 0 Å². The molecule has 0 aliphatic carbocycles. The molecule has 0 bridgehead atoms. The maximum Gasteiger partial charge on any atom is 1.00 e. The number of benzene rings is 1. The van der Waals surface area contributed by atoms with Crippen LogP contribution in [0.1, 0.15) is 0 Å². The van der Waals surface area contributed by atoms with Crippen LogP contribution < -0.4 is 34.9 Å². The minimum absolute atomic E-state index is 0. The SMILES string of the molecule is COCCNc1ccc([N+](=O)[O-])cc1S(=O)(=O)[O-].[Na+]. The van der Waals surface area contributed by atoms with Gasteiger partial charge in [-0.3, -0.25) is 10.1 Å². The molecule has 1 rings (SSSR count). The van der Waals surface area contributed by atoms with Crippen molar-refractivity contribution >= 4 is 21.5 Å². The van der Waals surface area contributed by atoms with Crippen LogP contribution in [0.4, 0.5) is 11.4 Å². The Morgan fingerprint density at radius 1 is 1.42 bits per heavy atom. The molecule has 1 N–H and O–H groups in total. The molecule has 0 aromatic heterocycles. The molecule has 0 saturated carbocycles. The molecule has 1 aromatic carbocycles. The van der Waals surface area contributed by atoms with Gasteiger partial charge >= 0.3 is 29.6 Å². The van der Waals surface area contributed by atoms with Gasteiger partial charge in [-0.15, -0.1) is 0 Å². The predicted molar refractivity (Wildman–Crippen MR) is 61.4 cm³/mol. The Labute approximate surface area is 132 Å². The van der Waals surface area contributed by atoms with Crippen LogP contribution in [-0.2, 0) is 14.9 Å². The molecule has 0 aliphatic rings. The zero-order chi connectivity index (χ0) is 13.8. The van der Waals surface area contributed by atoms with E-state index in [1.165, 1.54) is 13.2 Å². The normalized spacial score (nSPS) is 10.6. The molecule has 10 heteroatoms. The summed E-state index contributed by atoms with van der Waals surface area (Å²) in [7, 11) is -3.32. The van der Waals surface area contributed by atoms with Crippen LogP contribution in [-0.4, -0.2) is 38.2 Å². The average molecular weight is 298 g/mol. The van der Waals surface area contributed by atoms with E-state index in [1.807, 2.05) is 0 Å². The third-order valence-corrected chi connectivity index (χ3v) is 2.94. The molecule has 0 spiro atoms. The van der Waals surface area contributed by atoms with Gasteiger partial charge in [-0.05, 0) is 6.07 Å². The van der Waals surface area contributed by atoms with Crippen LogP contribution in [0.5, 0.6) is 0 Å². The van der Waals surface area contributed by atoms with Crippen LogP contribution in [0, 0.1) is 10.1 Å². The topological polar surface area (TPSA) is 122 Å². The van der Waals surface area contributed by atoms with E-state index >= 15 is 0 Å². The van der Waals surface area contributed by atoms with Crippen LogP contribution in [0.2, 0.25) is 0 Å². The van der Waals surface area contributed by atoms with Crippen LogP contribution >= 0.6 is 0 Å². The second-order valence-electron chi connectivity index (χ2n) is 3.31. The van der Waals surface area contributed by atoms with Gasteiger partial charge in [-0.1, -0.05) is 0 Å². The van der Waals surface area contributed by atoms with E-state index in [0.717, 1.165) is 12.1 Å². The van der Waals surface area contributed by atoms with Gasteiger partial charge in [0.15, 0.2) is 0 Å². The second-order valence-corrected chi connectivity index (χ2v) is 4.66. The number of hydrogen-bond donors (Lipinski definition) is 1. The van der Waals surface area contributed by atoms with E-state index < -0.39 is 25.6 Å². The Bertz CT molecular complexity index is 548. The predicted octanol–water partition coefficient (Wildman–Crippen LogP) is -2.44. The molecule has 100 valence electrons. The largest absolute Gasteiger partial charge is 1.00 e. The van der Waals surface area contributed by atoms with Gasteiger partial charge in [0.2, 0.25) is 0 Å². The molecule has 0 unspecified atom stereocenters. The summed E-state index contributed by atoms with van der Waals surface area (Å²) >= 11 is 0. The van der Waals surface area contributed by atoms with E-state index in [0.29, 0.717) is 6.61 Å². The Morgan fingerprint density at radius 3 is 2.53 bits per heavy atom.